The highest BCUT2D eigenvalue weighted by atomic mass is 16.5. The number of carbonyl (C=O) groups excluding carboxylic acids is 2. The van der Waals surface area contributed by atoms with E-state index >= 15 is 0 Å². The van der Waals surface area contributed by atoms with Crippen LogP contribution in [0, 0.1) is 6.92 Å². The van der Waals surface area contributed by atoms with Crippen LogP contribution in [0.4, 0.5) is 5.95 Å². The molecule has 1 atom stereocenters. The summed E-state index contributed by atoms with van der Waals surface area (Å²) in [4.78, 5) is 43.6. The Bertz CT molecular complexity index is 1470. The lowest BCUT2D eigenvalue weighted by Gasteiger charge is -2.10. The number of fused-ring (bicyclic) bond motifs is 2. The zero-order chi connectivity index (χ0) is 24.5. The van der Waals surface area contributed by atoms with Crippen molar-refractivity contribution in [1.29, 1.82) is 0 Å². The van der Waals surface area contributed by atoms with E-state index in [1.165, 1.54) is 18.2 Å². The molecule has 0 fully saturated rings. The van der Waals surface area contributed by atoms with Gasteiger partial charge in [-0.05, 0) is 43.7 Å². The summed E-state index contributed by atoms with van der Waals surface area (Å²) in [7, 11) is 0. The van der Waals surface area contributed by atoms with Crippen molar-refractivity contribution in [2.75, 3.05) is 11.9 Å². The van der Waals surface area contributed by atoms with Gasteiger partial charge in [0.25, 0.3) is 0 Å². The number of hydrogen-bond donors (Lipinski definition) is 2. The number of para-hydroxylation sites is 1. The number of benzene rings is 2. The number of hydrogen-bond acceptors (Lipinski definition) is 9. The normalized spacial score (nSPS) is 14.9. The predicted octanol–water partition coefficient (Wildman–Crippen LogP) is 4.60. The minimum absolute atomic E-state index is 0.0493. The number of pyridine rings is 1. The highest BCUT2D eigenvalue weighted by Crippen LogP contribution is 2.39. The molecule has 0 radical (unpaired) electrons. The van der Waals surface area contributed by atoms with E-state index in [4.69, 9.17) is 4.74 Å². The Morgan fingerprint density at radius 2 is 1.77 bits per heavy atom. The van der Waals surface area contributed by atoms with Gasteiger partial charge in [0, 0.05) is 23.1 Å². The molecule has 2 aromatic carbocycles. The van der Waals surface area contributed by atoms with Gasteiger partial charge in [-0.3, -0.25) is 9.59 Å². The number of Topliss-reactive ketones (excluding diaryl/α,β-unsaturated/α-hetero) is 2. The molecular formula is C26H23N5O4. The van der Waals surface area contributed by atoms with Gasteiger partial charge in [0.2, 0.25) is 5.95 Å². The Hall–Kier alpha value is -4.40. The molecule has 2 aromatic heterocycles. The van der Waals surface area contributed by atoms with Gasteiger partial charge in [0.1, 0.15) is 28.9 Å². The Kier molecular flexibility index (Phi) is 5.82. The minimum Gasteiger partial charge on any atom is -0.506 e. The first-order chi connectivity index (χ1) is 16.9. The molecule has 1 aliphatic carbocycles. The average Bonchev–Trinajstić information content (AvgIpc) is 3.08. The molecule has 0 spiro atoms. The van der Waals surface area contributed by atoms with Gasteiger partial charge in [-0.25, -0.2) is 4.98 Å². The Balaban J connectivity index is 1.43. The molecule has 9 heteroatoms. The Morgan fingerprint density at radius 3 is 2.60 bits per heavy atom. The van der Waals surface area contributed by atoms with Crippen molar-refractivity contribution < 1.29 is 19.4 Å². The third-order valence-electron chi connectivity index (χ3n) is 5.80. The van der Waals surface area contributed by atoms with Crippen LogP contribution in [0.1, 0.15) is 57.9 Å². The Morgan fingerprint density at radius 1 is 0.971 bits per heavy atom. The molecule has 2 N–H and O–H groups in total. The topological polar surface area (TPSA) is 127 Å². The third-order valence-corrected chi connectivity index (χ3v) is 5.80. The second-order valence-electron chi connectivity index (χ2n) is 8.33. The van der Waals surface area contributed by atoms with Crippen LogP contribution in [0.15, 0.2) is 48.5 Å². The zero-order valence-electron chi connectivity index (χ0n) is 19.3. The standard InChI is InChI=1S/C26H23N5O4/c1-3-4-11-27-25-28-14(2)29-26(31-25)35-16-9-10-17-18(13-16)24(34)21(23(17)33)22-20(32)12-15-7-5-6-8-19(15)30-22/h5-10,12-13,21,32H,3-4,11H2,1-2H3,(H,27,28,29,31). The molecule has 0 saturated heterocycles. The van der Waals surface area contributed by atoms with Crippen LogP contribution in [-0.2, 0) is 0 Å². The second-order valence-corrected chi connectivity index (χ2v) is 8.33. The fourth-order valence-electron chi connectivity index (χ4n) is 4.08. The first kappa shape index (κ1) is 22.4. The number of aryl methyl sites for hydroxylation is 1. The zero-order valence-corrected chi connectivity index (χ0v) is 19.3. The van der Waals surface area contributed by atoms with Crippen molar-refractivity contribution >= 4 is 28.4 Å². The van der Waals surface area contributed by atoms with E-state index in [1.54, 1.807) is 31.2 Å². The second kappa shape index (κ2) is 9.09. The van der Waals surface area contributed by atoms with Crippen LogP contribution in [0.25, 0.3) is 10.9 Å². The third kappa shape index (κ3) is 4.28. The van der Waals surface area contributed by atoms with E-state index in [9.17, 15) is 14.7 Å². The smallest absolute Gasteiger partial charge is 0.327 e. The van der Waals surface area contributed by atoms with Gasteiger partial charge in [0.05, 0.1) is 5.52 Å². The Labute approximate surface area is 201 Å². The summed E-state index contributed by atoms with van der Waals surface area (Å²) in [5.74, 6) is -1.05. The largest absolute Gasteiger partial charge is 0.506 e. The van der Waals surface area contributed by atoms with E-state index in [0.29, 0.717) is 23.0 Å². The predicted molar refractivity (Wildman–Crippen MR) is 129 cm³/mol. The number of anilines is 1. The van der Waals surface area contributed by atoms with Crippen molar-refractivity contribution in [3.63, 3.8) is 0 Å². The van der Waals surface area contributed by atoms with Crippen molar-refractivity contribution in [2.24, 2.45) is 0 Å². The summed E-state index contributed by atoms with van der Waals surface area (Å²) in [5.41, 5.74) is 1.11. The maximum atomic E-state index is 13.3. The SMILES string of the molecule is CCCCNc1nc(C)nc(Oc2ccc3c(c2)C(=O)C(c2nc4ccccc4cc2O)C3=O)n1. The van der Waals surface area contributed by atoms with Gasteiger partial charge in [-0.2, -0.15) is 15.0 Å². The van der Waals surface area contributed by atoms with Gasteiger partial charge < -0.3 is 15.2 Å². The molecule has 5 rings (SSSR count). The lowest BCUT2D eigenvalue weighted by Crippen LogP contribution is -2.14. The van der Waals surface area contributed by atoms with Gasteiger partial charge >= 0.3 is 6.01 Å². The van der Waals surface area contributed by atoms with Crippen LogP contribution in [0.3, 0.4) is 0 Å². The first-order valence-corrected chi connectivity index (χ1v) is 11.4. The molecule has 0 aliphatic heterocycles. The quantitative estimate of drug-likeness (QED) is 0.295. The average molecular weight is 470 g/mol. The van der Waals surface area contributed by atoms with Crippen LogP contribution in [-0.4, -0.2) is 43.2 Å². The lowest BCUT2D eigenvalue weighted by atomic mass is 9.97. The maximum absolute atomic E-state index is 13.3. The van der Waals surface area contributed by atoms with Crippen molar-refractivity contribution in [3.8, 4) is 17.5 Å². The lowest BCUT2D eigenvalue weighted by molar-refractivity contribution is 0.0886. The van der Waals surface area contributed by atoms with Crippen LogP contribution in [0.5, 0.6) is 17.5 Å². The summed E-state index contributed by atoms with van der Waals surface area (Å²) < 4.78 is 5.81. The molecular weight excluding hydrogens is 446 g/mol. The molecule has 0 saturated carbocycles. The van der Waals surface area contributed by atoms with E-state index in [2.05, 4.69) is 32.2 Å². The van der Waals surface area contributed by atoms with Gasteiger partial charge in [0.15, 0.2) is 11.6 Å². The first-order valence-electron chi connectivity index (χ1n) is 11.4. The fourth-order valence-corrected chi connectivity index (χ4v) is 4.08. The van der Waals surface area contributed by atoms with Gasteiger partial charge in [-0.1, -0.05) is 31.5 Å². The van der Waals surface area contributed by atoms with Crippen molar-refractivity contribution in [3.05, 3.63) is 71.2 Å². The summed E-state index contributed by atoms with van der Waals surface area (Å²) >= 11 is 0. The van der Waals surface area contributed by atoms with Crippen LogP contribution in [0.2, 0.25) is 0 Å². The number of ether oxygens (including phenoxy) is 1. The fraction of sp³-hybridized carbons (Fsp3) is 0.231. The molecule has 176 valence electrons. The number of aromatic nitrogens is 4. The molecule has 0 bridgehead atoms. The summed E-state index contributed by atoms with van der Waals surface area (Å²) in [5, 5.41) is 14.4. The monoisotopic (exact) mass is 469 g/mol. The van der Waals surface area contributed by atoms with E-state index < -0.39 is 17.5 Å². The molecule has 4 aromatic rings. The van der Waals surface area contributed by atoms with Crippen molar-refractivity contribution in [2.45, 2.75) is 32.6 Å². The molecule has 1 unspecified atom stereocenters. The number of rotatable bonds is 7. The van der Waals surface area contributed by atoms with Crippen LogP contribution >= 0.6 is 0 Å². The number of aromatic hydroxyl groups is 1. The highest BCUT2D eigenvalue weighted by Gasteiger charge is 2.42. The molecule has 9 nitrogen and oxygen atoms in total. The highest BCUT2D eigenvalue weighted by molar-refractivity contribution is 6.30. The van der Waals surface area contributed by atoms with E-state index in [1.807, 2.05) is 6.07 Å². The number of carbonyl (C=O) groups is 2. The molecule has 2 heterocycles. The molecule has 1 aliphatic rings. The van der Waals surface area contributed by atoms with E-state index in [0.717, 1.165) is 24.8 Å². The number of unbranched alkanes of at least 4 members (excludes halogenated alkanes) is 1. The van der Waals surface area contributed by atoms with Crippen molar-refractivity contribution in [1.82, 2.24) is 19.9 Å². The van der Waals surface area contributed by atoms with Gasteiger partial charge in [-0.15, -0.1) is 0 Å². The summed E-state index contributed by atoms with van der Waals surface area (Å²) in [6.07, 6.45) is 2.01. The summed E-state index contributed by atoms with van der Waals surface area (Å²) in [6, 6.07) is 13.4. The molecule has 0 amide bonds. The summed E-state index contributed by atoms with van der Waals surface area (Å²) in [6.45, 7) is 4.56. The number of ketones is 2. The maximum Gasteiger partial charge on any atom is 0.327 e. The molecule has 35 heavy (non-hydrogen) atoms. The van der Waals surface area contributed by atoms with E-state index in [-0.39, 0.29) is 28.6 Å². The number of nitrogens with zero attached hydrogens (tertiary/aromatic N) is 4. The minimum atomic E-state index is -1.21. The number of nitrogens with one attached hydrogen (secondary N) is 1. The van der Waals surface area contributed by atoms with Crippen LogP contribution < -0.4 is 10.1 Å².